The van der Waals surface area contributed by atoms with E-state index in [-0.39, 0.29) is 31.1 Å². The zero-order valence-electron chi connectivity index (χ0n) is 42.5. The molecule has 0 aromatic heterocycles. The largest absolute Gasteiger partial charge is 0.462 e. The maximum Gasteiger partial charge on any atom is 0.306 e. The fourth-order valence-electron chi connectivity index (χ4n) is 7.51. The van der Waals surface area contributed by atoms with E-state index in [9.17, 15) is 14.4 Å². The van der Waals surface area contributed by atoms with Gasteiger partial charge in [0.2, 0.25) is 0 Å². The summed E-state index contributed by atoms with van der Waals surface area (Å²) in [6.07, 6.45) is 68.6. The summed E-state index contributed by atoms with van der Waals surface area (Å²) >= 11 is 0. The summed E-state index contributed by atoms with van der Waals surface area (Å²) in [5.41, 5.74) is 0. The Balaban J connectivity index is 4.39. The van der Waals surface area contributed by atoms with Gasteiger partial charge in [-0.3, -0.25) is 14.4 Å². The Morgan fingerprint density at radius 3 is 0.938 bits per heavy atom. The van der Waals surface area contributed by atoms with Crippen LogP contribution in [-0.4, -0.2) is 37.2 Å². The van der Waals surface area contributed by atoms with Crippen molar-refractivity contribution < 1.29 is 28.6 Å². The molecule has 0 aliphatic rings. The number of carbonyl (C=O) groups excluding carboxylic acids is 3. The smallest absolute Gasteiger partial charge is 0.306 e. The van der Waals surface area contributed by atoms with Gasteiger partial charge in [0.25, 0.3) is 0 Å². The highest BCUT2D eigenvalue weighted by atomic mass is 16.6. The van der Waals surface area contributed by atoms with Crippen LogP contribution in [0.3, 0.4) is 0 Å². The molecule has 6 nitrogen and oxygen atoms in total. The predicted molar refractivity (Wildman–Crippen MR) is 279 cm³/mol. The minimum atomic E-state index is -0.796. The first-order valence-electron chi connectivity index (χ1n) is 27.2. The first-order valence-corrected chi connectivity index (χ1v) is 27.2. The Kier molecular flexibility index (Phi) is 50.4. The summed E-state index contributed by atoms with van der Waals surface area (Å²) in [6.45, 7) is 6.34. The lowest BCUT2D eigenvalue weighted by Gasteiger charge is -2.18. The normalized spacial score (nSPS) is 12.7. The molecule has 0 aromatic carbocycles. The molecule has 1 atom stereocenters. The number of unbranched alkanes of at least 4 members (excludes halogenated alkanes) is 28. The Morgan fingerprint density at radius 2 is 0.600 bits per heavy atom. The van der Waals surface area contributed by atoms with Gasteiger partial charge in [0, 0.05) is 19.3 Å². The molecule has 0 saturated heterocycles. The second-order valence-corrected chi connectivity index (χ2v) is 17.9. The lowest BCUT2D eigenvalue weighted by Crippen LogP contribution is -2.30. The second kappa shape index (κ2) is 53.2. The van der Waals surface area contributed by atoms with Crippen molar-refractivity contribution in [1.82, 2.24) is 0 Å². The van der Waals surface area contributed by atoms with Gasteiger partial charge in [-0.1, -0.05) is 260 Å². The molecule has 0 bridgehead atoms. The van der Waals surface area contributed by atoms with Crippen molar-refractivity contribution in [2.24, 2.45) is 0 Å². The highest BCUT2D eigenvalue weighted by molar-refractivity contribution is 5.71. The Labute approximate surface area is 401 Å². The van der Waals surface area contributed by atoms with E-state index in [1.165, 1.54) is 103 Å². The summed E-state index contributed by atoms with van der Waals surface area (Å²) in [5, 5.41) is 0. The molecule has 372 valence electrons. The number of allylic oxidation sites excluding steroid dienone is 14. The Hall–Kier alpha value is -3.41. The van der Waals surface area contributed by atoms with Crippen molar-refractivity contribution in [3.8, 4) is 0 Å². The highest BCUT2D eigenvalue weighted by Crippen LogP contribution is 2.16. The molecule has 0 aliphatic heterocycles. The van der Waals surface area contributed by atoms with Crippen LogP contribution in [0.25, 0.3) is 0 Å². The molecule has 0 aliphatic carbocycles. The summed E-state index contributed by atoms with van der Waals surface area (Å²) in [7, 11) is 0. The van der Waals surface area contributed by atoms with Gasteiger partial charge in [-0.15, -0.1) is 0 Å². The maximum absolute atomic E-state index is 12.8. The van der Waals surface area contributed by atoms with Crippen molar-refractivity contribution in [3.63, 3.8) is 0 Å². The molecule has 1 unspecified atom stereocenters. The number of ether oxygens (including phenoxy) is 3. The minimum absolute atomic E-state index is 0.0917. The van der Waals surface area contributed by atoms with Gasteiger partial charge in [-0.05, 0) is 57.8 Å². The monoisotopic (exact) mass is 905 g/mol. The van der Waals surface area contributed by atoms with Crippen molar-refractivity contribution in [2.45, 2.75) is 258 Å². The number of rotatable bonds is 48. The van der Waals surface area contributed by atoms with E-state index in [2.05, 4.69) is 87.6 Å². The lowest BCUT2D eigenvalue weighted by atomic mass is 10.0. The average Bonchev–Trinajstić information content (AvgIpc) is 3.30. The molecule has 0 aromatic rings. The van der Waals surface area contributed by atoms with E-state index in [4.69, 9.17) is 14.2 Å². The standard InChI is InChI=1S/C59H100O6/c1-4-7-10-13-16-19-22-25-27-28-29-30-32-34-37-40-43-46-49-52-58(61)64-55-56(54-63-57(60)51-48-45-42-39-36-33-24-21-18-15-12-9-6-3)65-59(62)53-50-47-44-41-38-35-31-26-23-20-17-14-11-8-5-2/h8-9,11-12,14-15,17-18,20-21,23-24,26,31,56H,4-7,10,13,16,19,22,25,27-30,32-55H2,1-3H3/b11-8-,12-9-,17-14-,18-15-,23-20-,24-21-,31-26-. The number of esters is 3. The first-order chi connectivity index (χ1) is 32.0. The van der Waals surface area contributed by atoms with Gasteiger partial charge < -0.3 is 14.2 Å². The van der Waals surface area contributed by atoms with Crippen LogP contribution in [0.15, 0.2) is 85.1 Å². The van der Waals surface area contributed by atoms with Crippen LogP contribution < -0.4 is 0 Å². The Bertz CT molecular complexity index is 1270. The van der Waals surface area contributed by atoms with E-state index in [1.807, 2.05) is 18.2 Å². The molecule has 0 N–H and O–H groups in total. The van der Waals surface area contributed by atoms with Gasteiger partial charge >= 0.3 is 17.9 Å². The SMILES string of the molecule is CC\C=C/C=C\C=C/C=C\CCCCCCCC(=O)OC(COC(=O)CCCCCCC\C=C/C=C\C=C/CC)COC(=O)CCCCCCCCCCCCCCCCCCCCC. The third-order valence-corrected chi connectivity index (χ3v) is 11.6. The van der Waals surface area contributed by atoms with E-state index < -0.39 is 6.10 Å². The molecule has 65 heavy (non-hydrogen) atoms. The minimum Gasteiger partial charge on any atom is -0.462 e. The van der Waals surface area contributed by atoms with Gasteiger partial charge in [0.1, 0.15) is 13.2 Å². The van der Waals surface area contributed by atoms with E-state index >= 15 is 0 Å². The molecule has 0 heterocycles. The first kappa shape index (κ1) is 61.6. The molecular weight excluding hydrogens is 805 g/mol. The van der Waals surface area contributed by atoms with Crippen molar-refractivity contribution in [2.75, 3.05) is 13.2 Å². The second-order valence-electron chi connectivity index (χ2n) is 17.9. The quantitative estimate of drug-likeness (QED) is 0.0262. The number of hydrogen-bond acceptors (Lipinski definition) is 6. The van der Waals surface area contributed by atoms with Gasteiger partial charge in [0.05, 0.1) is 0 Å². The van der Waals surface area contributed by atoms with Crippen LogP contribution in [0.5, 0.6) is 0 Å². The molecule has 0 radical (unpaired) electrons. The summed E-state index contributed by atoms with van der Waals surface area (Å²) in [4.78, 5) is 38.0. The van der Waals surface area contributed by atoms with Crippen LogP contribution in [0, 0.1) is 0 Å². The number of carbonyl (C=O) groups is 3. The molecule has 0 rings (SSSR count). The third kappa shape index (κ3) is 51.4. The molecule has 0 amide bonds. The third-order valence-electron chi connectivity index (χ3n) is 11.6. The molecule has 0 saturated carbocycles. The van der Waals surface area contributed by atoms with E-state index in [1.54, 1.807) is 0 Å². The fraction of sp³-hybridized carbons (Fsp3) is 0.712. The molecule has 0 spiro atoms. The summed E-state index contributed by atoms with van der Waals surface area (Å²) in [6, 6.07) is 0. The topological polar surface area (TPSA) is 78.9 Å². The Morgan fingerprint density at radius 1 is 0.323 bits per heavy atom. The number of hydrogen-bond donors (Lipinski definition) is 0. The van der Waals surface area contributed by atoms with Crippen molar-refractivity contribution >= 4 is 17.9 Å². The van der Waals surface area contributed by atoms with Crippen LogP contribution in [0.2, 0.25) is 0 Å². The fourth-order valence-corrected chi connectivity index (χ4v) is 7.51. The summed E-state index contributed by atoms with van der Waals surface area (Å²) < 4.78 is 16.8. The van der Waals surface area contributed by atoms with Crippen LogP contribution in [0.4, 0.5) is 0 Å². The predicted octanol–water partition coefficient (Wildman–Crippen LogP) is 18.0. The summed E-state index contributed by atoms with van der Waals surface area (Å²) in [5.74, 6) is -0.933. The zero-order valence-corrected chi connectivity index (χ0v) is 42.5. The van der Waals surface area contributed by atoms with Crippen LogP contribution in [0.1, 0.15) is 252 Å². The van der Waals surface area contributed by atoms with Crippen LogP contribution >= 0.6 is 0 Å². The highest BCUT2D eigenvalue weighted by Gasteiger charge is 2.19. The zero-order chi connectivity index (χ0) is 47.2. The van der Waals surface area contributed by atoms with E-state index in [0.717, 1.165) is 109 Å². The molecule has 0 fully saturated rings. The van der Waals surface area contributed by atoms with E-state index in [0.29, 0.717) is 19.3 Å². The van der Waals surface area contributed by atoms with Crippen molar-refractivity contribution in [1.29, 1.82) is 0 Å². The van der Waals surface area contributed by atoms with Gasteiger partial charge in [0.15, 0.2) is 6.10 Å². The van der Waals surface area contributed by atoms with Crippen molar-refractivity contribution in [3.05, 3.63) is 85.1 Å². The maximum atomic E-state index is 12.8. The van der Waals surface area contributed by atoms with Crippen LogP contribution in [-0.2, 0) is 28.6 Å². The van der Waals surface area contributed by atoms with Gasteiger partial charge in [-0.25, -0.2) is 0 Å². The van der Waals surface area contributed by atoms with Gasteiger partial charge in [-0.2, -0.15) is 0 Å². The average molecular weight is 905 g/mol. The molecular formula is C59H100O6. The lowest BCUT2D eigenvalue weighted by molar-refractivity contribution is -0.167. The molecule has 6 heteroatoms.